The van der Waals surface area contributed by atoms with Gasteiger partial charge in [-0.25, -0.2) is 9.59 Å². The SMILES string of the molecule is O=C(NCCC1=CCCC1)N[C@@H](CC1CC1)C(=O)O. The lowest BCUT2D eigenvalue weighted by molar-refractivity contribution is -0.139. The van der Waals surface area contributed by atoms with Crippen LogP contribution in [0, 0.1) is 5.92 Å². The topological polar surface area (TPSA) is 78.4 Å². The number of nitrogens with one attached hydrogen (secondary N) is 2. The lowest BCUT2D eigenvalue weighted by Crippen LogP contribution is -2.46. The molecule has 1 fully saturated rings. The van der Waals surface area contributed by atoms with Gasteiger partial charge in [0.1, 0.15) is 6.04 Å². The average Bonchev–Trinajstić information content (AvgIpc) is 3.02. The third-order valence-electron chi connectivity index (χ3n) is 3.74. The molecule has 0 aromatic heterocycles. The van der Waals surface area contributed by atoms with Crippen molar-refractivity contribution in [1.29, 1.82) is 0 Å². The lowest BCUT2D eigenvalue weighted by atomic mass is 10.1. The highest BCUT2D eigenvalue weighted by Gasteiger charge is 2.30. The highest BCUT2D eigenvalue weighted by atomic mass is 16.4. The Morgan fingerprint density at radius 1 is 1.42 bits per heavy atom. The summed E-state index contributed by atoms with van der Waals surface area (Å²) < 4.78 is 0. The molecule has 0 aromatic rings. The van der Waals surface area contributed by atoms with E-state index < -0.39 is 12.0 Å². The molecule has 5 nitrogen and oxygen atoms in total. The van der Waals surface area contributed by atoms with Crippen LogP contribution in [0.4, 0.5) is 4.79 Å². The molecule has 3 N–H and O–H groups in total. The number of urea groups is 1. The number of hydrogen-bond donors (Lipinski definition) is 3. The van der Waals surface area contributed by atoms with E-state index >= 15 is 0 Å². The standard InChI is InChI=1S/C14H22N2O3/c17-13(18)12(9-11-5-6-11)16-14(19)15-8-7-10-3-1-2-4-10/h3,11-12H,1-2,4-9H2,(H,17,18)(H2,15,16,19)/t12-/m0/s1. The zero-order valence-electron chi connectivity index (χ0n) is 11.2. The molecule has 0 spiro atoms. The molecule has 0 unspecified atom stereocenters. The average molecular weight is 266 g/mol. The molecule has 2 aliphatic carbocycles. The van der Waals surface area contributed by atoms with E-state index in [-0.39, 0.29) is 6.03 Å². The maximum absolute atomic E-state index is 11.6. The lowest BCUT2D eigenvalue weighted by Gasteiger charge is -2.14. The van der Waals surface area contributed by atoms with Crippen molar-refractivity contribution in [2.75, 3.05) is 6.54 Å². The van der Waals surface area contributed by atoms with Crippen LogP contribution in [0.1, 0.15) is 44.9 Å². The third-order valence-corrected chi connectivity index (χ3v) is 3.74. The zero-order chi connectivity index (χ0) is 13.7. The van der Waals surface area contributed by atoms with Gasteiger partial charge in [0.25, 0.3) is 0 Å². The van der Waals surface area contributed by atoms with Crippen molar-refractivity contribution in [3.05, 3.63) is 11.6 Å². The van der Waals surface area contributed by atoms with Crippen LogP contribution in [0.2, 0.25) is 0 Å². The number of hydrogen-bond acceptors (Lipinski definition) is 2. The first-order chi connectivity index (χ1) is 9.15. The van der Waals surface area contributed by atoms with Gasteiger partial charge in [0.2, 0.25) is 0 Å². The van der Waals surface area contributed by atoms with Crippen molar-refractivity contribution in [3.8, 4) is 0 Å². The van der Waals surface area contributed by atoms with E-state index in [9.17, 15) is 9.59 Å². The van der Waals surface area contributed by atoms with Gasteiger partial charge in [-0.2, -0.15) is 0 Å². The van der Waals surface area contributed by atoms with Crippen LogP contribution in [-0.2, 0) is 4.79 Å². The predicted molar refractivity (Wildman–Crippen MR) is 71.9 cm³/mol. The van der Waals surface area contributed by atoms with E-state index in [4.69, 9.17) is 5.11 Å². The largest absolute Gasteiger partial charge is 0.480 e. The van der Waals surface area contributed by atoms with Gasteiger partial charge in [0.15, 0.2) is 0 Å². The van der Waals surface area contributed by atoms with Gasteiger partial charge in [0.05, 0.1) is 0 Å². The molecule has 2 aliphatic rings. The summed E-state index contributed by atoms with van der Waals surface area (Å²) in [6, 6.07) is -1.12. The normalized spacial score (nSPS) is 19.7. The van der Waals surface area contributed by atoms with Gasteiger partial charge in [-0.05, 0) is 38.0 Å². The van der Waals surface area contributed by atoms with E-state index in [0.717, 1.165) is 32.1 Å². The summed E-state index contributed by atoms with van der Waals surface area (Å²) in [7, 11) is 0. The molecule has 0 radical (unpaired) electrons. The van der Waals surface area contributed by atoms with Gasteiger partial charge in [-0.1, -0.05) is 24.5 Å². The van der Waals surface area contributed by atoms with Gasteiger partial charge < -0.3 is 15.7 Å². The second-order valence-corrected chi connectivity index (χ2v) is 5.47. The Labute approximate surface area is 113 Å². The molecule has 1 atom stereocenters. The summed E-state index contributed by atoms with van der Waals surface area (Å²) in [6.07, 6.45) is 9.30. The second kappa shape index (κ2) is 6.59. The summed E-state index contributed by atoms with van der Waals surface area (Å²) in [5.74, 6) is -0.467. The van der Waals surface area contributed by atoms with E-state index in [1.54, 1.807) is 0 Å². The van der Waals surface area contributed by atoms with Crippen molar-refractivity contribution in [1.82, 2.24) is 10.6 Å². The molecule has 2 rings (SSSR count). The number of aliphatic carboxylic acids is 1. The van der Waals surface area contributed by atoms with Crippen molar-refractivity contribution in [2.24, 2.45) is 5.92 Å². The van der Waals surface area contributed by atoms with Crippen molar-refractivity contribution in [2.45, 2.75) is 51.0 Å². The Morgan fingerprint density at radius 3 is 2.79 bits per heavy atom. The number of allylic oxidation sites excluding steroid dienone is 1. The summed E-state index contributed by atoms with van der Waals surface area (Å²) in [5, 5.41) is 14.3. The number of carbonyl (C=O) groups excluding carboxylic acids is 1. The molecule has 0 saturated heterocycles. The minimum atomic E-state index is -0.944. The number of carbonyl (C=O) groups is 2. The molecular formula is C14H22N2O3. The van der Waals surface area contributed by atoms with Crippen LogP contribution in [0.5, 0.6) is 0 Å². The molecule has 0 aliphatic heterocycles. The molecule has 106 valence electrons. The fourth-order valence-corrected chi connectivity index (χ4v) is 2.42. The highest BCUT2D eigenvalue weighted by molar-refractivity contribution is 5.82. The van der Waals surface area contributed by atoms with Gasteiger partial charge in [-0.3, -0.25) is 0 Å². The monoisotopic (exact) mass is 266 g/mol. The maximum Gasteiger partial charge on any atom is 0.326 e. The van der Waals surface area contributed by atoms with Crippen LogP contribution in [0.15, 0.2) is 11.6 Å². The zero-order valence-corrected chi connectivity index (χ0v) is 11.2. The number of rotatable bonds is 7. The summed E-state index contributed by atoms with van der Waals surface area (Å²) >= 11 is 0. The van der Waals surface area contributed by atoms with Crippen molar-refractivity contribution < 1.29 is 14.7 Å². The minimum absolute atomic E-state index is 0.369. The van der Waals surface area contributed by atoms with Gasteiger partial charge >= 0.3 is 12.0 Å². The Morgan fingerprint density at radius 2 is 2.21 bits per heavy atom. The number of carboxylic acids is 1. The molecule has 0 bridgehead atoms. The highest BCUT2D eigenvalue weighted by Crippen LogP contribution is 2.33. The van der Waals surface area contributed by atoms with Gasteiger partial charge in [0, 0.05) is 6.54 Å². The van der Waals surface area contributed by atoms with Crippen molar-refractivity contribution >= 4 is 12.0 Å². The van der Waals surface area contributed by atoms with E-state index in [1.807, 2.05) is 0 Å². The number of carboxylic acid groups (broad SMARTS) is 1. The molecular weight excluding hydrogens is 244 g/mol. The number of amides is 2. The van der Waals surface area contributed by atoms with Crippen LogP contribution >= 0.6 is 0 Å². The van der Waals surface area contributed by atoms with Crippen LogP contribution < -0.4 is 10.6 Å². The van der Waals surface area contributed by atoms with E-state index in [1.165, 1.54) is 12.0 Å². The Hall–Kier alpha value is -1.52. The van der Waals surface area contributed by atoms with E-state index in [2.05, 4.69) is 16.7 Å². The maximum atomic E-state index is 11.6. The smallest absolute Gasteiger partial charge is 0.326 e. The van der Waals surface area contributed by atoms with Crippen LogP contribution in [-0.4, -0.2) is 29.7 Å². The second-order valence-electron chi connectivity index (χ2n) is 5.47. The van der Waals surface area contributed by atoms with Crippen molar-refractivity contribution in [3.63, 3.8) is 0 Å². The Balaban J connectivity index is 1.64. The first-order valence-corrected chi connectivity index (χ1v) is 7.10. The van der Waals surface area contributed by atoms with Crippen LogP contribution in [0.25, 0.3) is 0 Å². The predicted octanol–water partition coefficient (Wildman–Crippen LogP) is 2.04. The molecule has 5 heteroatoms. The fraction of sp³-hybridized carbons (Fsp3) is 0.714. The van der Waals surface area contributed by atoms with Gasteiger partial charge in [-0.15, -0.1) is 0 Å². The van der Waals surface area contributed by atoms with Crippen LogP contribution in [0.3, 0.4) is 0 Å². The molecule has 19 heavy (non-hydrogen) atoms. The quantitative estimate of drug-likeness (QED) is 0.617. The Kier molecular flexibility index (Phi) is 4.82. The first-order valence-electron chi connectivity index (χ1n) is 7.10. The summed E-state index contributed by atoms with van der Waals surface area (Å²) in [5.41, 5.74) is 1.40. The third kappa shape index (κ3) is 4.93. The summed E-state index contributed by atoms with van der Waals surface area (Å²) in [6.45, 7) is 0.577. The summed E-state index contributed by atoms with van der Waals surface area (Å²) in [4.78, 5) is 22.7. The molecule has 2 amide bonds. The molecule has 0 aromatic carbocycles. The molecule has 1 saturated carbocycles. The van der Waals surface area contributed by atoms with E-state index in [0.29, 0.717) is 18.9 Å². The fourth-order valence-electron chi connectivity index (χ4n) is 2.42. The Bertz CT molecular complexity index is 375. The molecule has 0 heterocycles. The first kappa shape index (κ1) is 13.9. The minimum Gasteiger partial charge on any atom is -0.480 e.